The van der Waals surface area contributed by atoms with Crippen molar-refractivity contribution in [1.29, 1.82) is 0 Å². The molecule has 0 heterocycles. The van der Waals surface area contributed by atoms with Gasteiger partial charge in [-0.15, -0.1) is 0 Å². The van der Waals surface area contributed by atoms with Crippen molar-refractivity contribution in [2.45, 2.75) is 25.8 Å². The van der Waals surface area contributed by atoms with E-state index in [0.29, 0.717) is 17.1 Å². The molecule has 0 aliphatic carbocycles. The molecule has 0 aromatic heterocycles. The van der Waals surface area contributed by atoms with Gasteiger partial charge in [0.2, 0.25) is 0 Å². The van der Waals surface area contributed by atoms with Gasteiger partial charge in [0.1, 0.15) is 5.82 Å². The molecule has 21 heavy (non-hydrogen) atoms. The molecule has 2 nitrogen and oxygen atoms in total. The maximum Gasteiger partial charge on any atom is 0.142 e. The second kappa shape index (κ2) is 6.12. The number of rotatable bonds is 4. The minimum absolute atomic E-state index is 0.134. The first kappa shape index (κ1) is 15.9. The van der Waals surface area contributed by atoms with E-state index in [1.807, 2.05) is 26.0 Å². The number of anilines is 2. The van der Waals surface area contributed by atoms with Crippen LogP contribution < -0.4 is 11.1 Å². The van der Waals surface area contributed by atoms with Gasteiger partial charge < -0.3 is 11.1 Å². The van der Waals surface area contributed by atoms with E-state index in [2.05, 4.69) is 5.32 Å². The molecule has 0 saturated heterocycles. The fraction of sp³-hybridized carbons (Fsp3) is 0.250. The Morgan fingerprint density at radius 1 is 1.10 bits per heavy atom. The van der Waals surface area contributed by atoms with Crippen molar-refractivity contribution in [3.8, 4) is 0 Å². The Kier molecular flexibility index (Phi) is 4.64. The fourth-order valence-electron chi connectivity index (χ4n) is 2.20. The van der Waals surface area contributed by atoms with Gasteiger partial charge in [-0.25, -0.2) is 4.39 Å². The number of benzene rings is 2. The molecule has 0 aliphatic rings. The Morgan fingerprint density at radius 2 is 1.81 bits per heavy atom. The number of nitrogens with one attached hydrogen (secondary N) is 1. The van der Waals surface area contributed by atoms with Crippen LogP contribution in [0.25, 0.3) is 0 Å². The molecule has 2 aromatic rings. The average molecular weight is 327 g/mol. The van der Waals surface area contributed by atoms with Crippen LogP contribution in [0.5, 0.6) is 0 Å². The molecule has 0 amide bonds. The van der Waals surface area contributed by atoms with Crippen molar-refractivity contribution in [2.75, 3.05) is 11.1 Å². The van der Waals surface area contributed by atoms with Crippen LogP contribution >= 0.6 is 23.2 Å². The molecule has 2 aromatic carbocycles. The minimum Gasteiger partial charge on any atom is -0.398 e. The third-order valence-corrected chi connectivity index (χ3v) is 3.75. The third kappa shape index (κ3) is 4.26. The highest BCUT2D eigenvalue weighted by Gasteiger charge is 2.19. The van der Waals surface area contributed by atoms with Gasteiger partial charge in [-0.2, -0.15) is 0 Å². The minimum atomic E-state index is -0.402. The summed E-state index contributed by atoms with van der Waals surface area (Å²) < 4.78 is 13.5. The van der Waals surface area contributed by atoms with Crippen LogP contribution in [-0.4, -0.2) is 5.54 Å². The van der Waals surface area contributed by atoms with Crippen LogP contribution in [0.1, 0.15) is 19.4 Å². The van der Waals surface area contributed by atoms with Gasteiger partial charge in [-0.3, -0.25) is 0 Å². The van der Waals surface area contributed by atoms with E-state index < -0.39 is 5.82 Å². The third-order valence-electron chi connectivity index (χ3n) is 3.11. The van der Waals surface area contributed by atoms with E-state index in [1.165, 1.54) is 6.07 Å². The Morgan fingerprint density at radius 3 is 2.43 bits per heavy atom. The SMILES string of the molecule is CC(C)(Cc1ccc(Cl)c(F)c1)Nc1ccc(N)c(Cl)c1. The molecule has 0 radical (unpaired) electrons. The quantitative estimate of drug-likeness (QED) is 0.762. The molecule has 0 bridgehead atoms. The van der Waals surface area contributed by atoms with Gasteiger partial charge in [-0.05, 0) is 56.2 Å². The van der Waals surface area contributed by atoms with Gasteiger partial charge >= 0.3 is 0 Å². The highest BCUT2D eigenvalue weighted by Crippen LogP contribution is 2.26. The molecule has 112 valence electrons. The molecular weight excluding hydrogens is 310 g/mol. The van der Waals surface area contributed by atoms with Crippen molar-refractivity contribution in [2.24, 2.45) is 0 Å². The van der Waals surface area contributed by atoms with Gasteiger partial charge in [0.25, 0.3) is 0 Å². The molecule has 0 atom stereocenters. The first-order chi connectivity index (χ1) is 9.77. The lowest BCUT2D eigenvalue weighted by molar-refractivity contribution is 0.559. The molecule has 5 heteroatoms. The van der Waals surface area contributed by atoms with Crippen LogP contribution in [0.3, 0.4) is 0 Å². The second-order valence-electron chi connectivity index (χ2n) is 5.67. The van der Waals surface area contributed by atoms with Crippen molar-refractivity contribution in [1.82, 2.24) is 0 Å². The van der Waals surface area contributed by atoms with E-state index in [1.54, 1.807) is 18.2 Å². The van der Waals surface area contributed by atoms with Gasteiger partial charge in [0.15, 0.2) is 0 Å². The predicted octanol–water partition coefficient (Wildman–Crippen LogP) is 5.15. The fourth-order valence-corrected chi connectivity index (χ4v) is 2.50. The lowest BCUT2D eigenvalue weighted by atomic mass is 9.94. The molecule has 0 saturated carbocycles. The topological polar surface area (TPSA) is 38.0 Å². The second-order valence-corrected chi connectivity index (χ2v) is 6.48. The summed E-state index contributed by atoms with van der Waals surface area (Å²) in [6.45, 7) is 4.06. The zero-order valence-electron chi connectivity index (χ0n) is 11.9. The van der Waals surface area contributed by atoms with Crippen molar-refractivity contribution in [3.05, 3.63) is 57.8 Å². The number of halogens is 3. The summed E-state index contributed by atoms with van der Waals surface area (Å²) >= 11 is 11.7. The Hall–Kier alpha value is -1.45. The van der Waals surface area contributed by atoms with Crippen molar-refractivity contribution >= 4 is 34.6 Å². The lowest BCUT2D eigenvalue weighted by Crippen LogP contribution is -2.33. The van der Waals surface area contributed by atoms with Gasteiger partial charge in [0, 0.05) is 11.2 Å². The summed E-state index contributed by atoms with van der Waals surface area (Å²) in [4.78, 5) is 0. The first-order valence-electron chi connectivity index (χ1n) is 6.54. The largest absolute Gasteiger partial charge is 0.398 e. The van der Waals surface area contributed by atoms with Crippen LogP contribution in [0, 0.1) is 5.82 Å². The van der Waals surface area contributed by atoms with Crippen molar-refractivity contribution in [3.63, 3.8) is 0 Å². The van der Waals surface area contributed by atoms with Crippen LogP contribution in [0.15, 0.2) is 36.4 Å². The van der Waals surface area contributed by atoms with Gasteiger partial charge in [-0.1, -0.05) is 29.3 Å². The Bertz CT molecular complexity index is 601. The molecular formula is C16H17Cl2FN2. The zero-order chi connectivity index (χ0) is 15.6. The van der Waals surface area contributed by atoms with Crippen LogP contribution in [-0.2, 0) is 6.42 Å². The zero-order valence-corrected chi connectivity index (χ0v) is 13.4. The van der Waals surface area contributed by atoms with E-state index in [9.17, 15) is 4.39 Å². The Labute approximate surface area is 134 Å². The number of nitrogen functional groups attached to an aromatic ring is 1. The van der Waals surface area contributed by atoms with E-state index in [-0.39, 0.29) is 10.6 Å². The highest BCUT2D eigenvalue weighted by atomic mass is 35.5. The molecule has 0 spiro atoms. The molecule has 2 rings (SSSR count). The van der Waals surface area contributed by atoms with E-state index in [0.717, 1.165) is 11.3 Å². The summed E-state index contributed by atoms with van der Waals surface area (Å²) in [6.07, 6.45) is 0.642. The van der Waals surface area contributed by atoms with Gasteiger partial charge in [0.05, 0.1) is 15.7 Å². The smallest absolute Gasteiger partial charge is 0.142 e. The molecule has 0 aliphatic heterocycles. The summed E-state index contributed by atoms with van der Waals surface area (Å²) in [5, 5.41) is 4.02. The Balaban J connectivity index is 2.13. The number of hydrogen-bond acceptors (Lipinski definition) is 2. The number of nitrogens with two attached hydrogens (primary N) is 1. The predicted molar refractivity (Wildman–Crippen MR) is 88.7 cm³/mol. The van der Waals surface area contributed by atoms with Crippen molar-refractivity contribution < 1.29 is 4.39 Å². The summed E-state index contributed by atoms with van der Waals surface area (Å²) in [5.41, 5.74) is 7.70. The summed E-state index contributed by atoms with van der Waals surface area (Å²) in [5.74, 6) is -0.402. The normalized spacial score (nSPS) is 11.5. The standard InChI is InChI=1S/C16H17Cl2FN2/c1-16(2,9-10-3-5-12(17)14(19)7-10)21-11-4-6-15(20)13(18)8-11/h3-8,21H,9,20H2,1-2H3. The van der Waals surface area contributed by atoms with Crippen LogP contribution in [0.2, 0.25) is 10.0 Å². The van der Waals surface area contributed by atoms with E-state index >= 15 is 0 Å². The number of hydrogen-bond donors (Lipinski definition) is 2. The lowest BCUT2D eigenvalue weighted by Gasteiger charge is -2.28. The summed E-state index contributed by atoms with van der Waals surface area (Å²) in [6, 6.07) is 10.3. The molecule has 0 fully saturated rings. The first-order valence-corrected chi connectivity index (χ1v) is 7.29. The molecule has 3 N–H and O–H groups in total. The maximum absolute atomic E-state index is 13.5. The molecule has 0 unspecified atom stereocenters. The van der Waals surface area contributed by atoms with Crippen LogP contribution in [0.4, 0.5) is 15.8 Å². The average Bonchev–Trinajstić information content (AvgIpc) is 2.37. The maximum atomic E-state index is 13.5. The highest BCUT2D eigenvalue weighted by molar-refractivity contribution is 6.33. The monoisotopic (exact) mass is 326 g/mol. The van der Waals surface area contributed by atoms with E-state index in [4.69, 9.17) is 28.9 Å². The summed E-state index contributed by atoms with van der Waals surface area (Å²) in [7, 11) is 0.